The van der Waals surface area contributed by atoms with E-state index >= 15 is 0 Å². The van der Waals surface area contributed by atoms with Crippen molar-refractivity contribution in [3.8, 4) is 5.75 Å². The highest BCUT2D eigenvalue weighted by Gasteiger charge is 2.10. The summed E-state index contributed by atoms with van der Waals surface area (Å²) < 4.78 is 29.0. The van der Waals surface area contributed by atoms with Crippen molar-refractivity contribution in [2.45, 2.75) is 20.1 Å². The number of para-hydroxylation sites is 1. The summed E-state index contributed by atoms with van der Waals surface area (Å²) in [5.41, 5.74) is 2.16. The lowest BCUT2D eigenvalue weighted by Gasteiger charge is -2.12. The minimum absolute atomic E-state index is 0.0494. The normalized spacial score (nSPS) is 10.4. The zero-order valence-corrected chi connectivity index (χ0v) is 12.0. The van der Waals surface area contributed by atoms with Gasteiger partial charge in [0, 0.05) is 17.8 Å². The Morgan fingerprint density at radius 3 is 2.68 bits per heavy atom. The number of hydrogen-bond acceptors (Lipinski definition) is 2. The molecule has 2 N–H and O–H groups in total. The molecule has 2 rings (SSSR count). The van der Waals surface area contributed by atoms with E-state index in [2.05, 4.69) is 15.4 Å². The molecule has 0 saturated heterocycles. The Morgan fingerprint density at radius 2 is 1.95 bits per heavy atom. The number of aryl methyl sites for hydroxylation is 1. The van der Waals surface area contributed by atoms with Crippen LogP contribution >= 0.6 is 0 Å². The summed E-state index contributed by atoms with van der Waals surface area (Å²) in [7, 11) is 0. The number of alkyl halides is 2. The molecular weight excluding hydrogens is 290 g/mol. The number of nitrogens with one attached hydrogen (secondary N) is 2. The predicted octanol–water partition coefficient (Wildman–Crippen LogP) is 3.92. The maximum Gasteiger partial charge on any atom is 0.387 e. The SMILES string of the molecule is Cc1cccc(NC(=O)NCc2ccccc2OC(F)F)c1. The zero-order valence-electron chi connectivity index (χ0n) is 12.0. The zero-order chi connectivity index (χ0) is 15.9. The molecule has 2 aromatic rings. The number of hydrogen-bond donors (Lipinski definition) is 2. The molecular formula is C16H16F2N2O2. The van der Waals surface area contributed by atoms with Gasteiger partial charge < -0.3 is 15.4 Å². The highest BCUT2D eigenvalue weighted by Crippen LogP contribution is 2.20. The van der Waals surface area contributed by atoms with Gasteiger partial charge in [-0.05, 0) is 30.7 Å². The molecule has 0 heterocycles. The van der Waals surface area contributed by atoms with E-state index in [1.807, 2.05) is 25.1 Å². The van der Waals surface area contributed by atoms with E-state index in [0.29, 0.717) is 11.3 Å². The molecule has 0 atom stereocenters. The Labute approximate surface area is 127 Å². The van der Waals surface area contributed by atoms with E-state index in [9.17, 15) is 13.6 Å². The molecule has 4 nitrogen and oxygen atoms in total. The Bertz CT molecular complexity index is 648. The second-order valence-electron chi connectivity index (χ2n) is 4.66. The summed E-state index contributed by atoms with van der Waals surface area (Å²) in [4.78, 5) is 11.8. The van der Waals surface area contributed by atoms with Gasteiger partial charge in [-0.3, -0.25) is 0 Å². The van der Waals surface area contributed by atoms with Crippen molar-refractivity contribution in [3.05, 3.63) is 59.7 Å². The maximum absolute atomic E-state index is 12.3. The molecule has 116 valence electrons. The number of carbonyl (C=O) groups excluding carboxylic acids is 1. The first kappa shape index (κ1) is 15.8. The Morgan fingerprint density at radius 1 is 1.18 bits per heavy atom. The third-order valence-corrected chi connectivity index (χ3v) is 2.90. The van der Waals surface area contributed by atoms with Gasteiger partial charge in [-0.1, -0.05) is 30.3 Å². The second-order valence-corrected chi connectivity index (χ2v) is 4.66. The van der Waals surface area contributed by atoms with Crippen LogP contribution in [-0.2, 0) is 6.54 Å². The number of benzene rings is 2. The van der Waals surface area contributed by atoms with Crippen molar-refractivity contribution < 1.29 is 18.3 Å². The molecule has 0 aliphatic carbocycles. The molecule has 6 heteroatoms. The quantitative estimate of drug-likeness (QED) is 0.879. The summed E-state index contributed by atoms with van der Waals surface area (Å²) in [6.07, 6.45) is 0. The molecule has 0 aromatic heterocycles. The van der Waals surface area contributed by atoms with Gasteiger partial charge in [0.15, 0.2) is 0 Å². The minimum atomic E-state index is -2.90. The van der Waals surface area contributed by atoms with Gasteiger partial charge in [-0.25, -0.2) is 4.79 Å². The number of anilines is 1. The fourth-order valence-electron chi connectivity index (χ4n) is 1.93. The van der Waals surface area contributed by atoms with Crippen molar-refractivity contribution in [1.29, 1.82) is 0 Å². The van der Waals surface area contributed by atoms with Crippen LogP contribution in [-0.4, -0.2) is 12.6 Å². The van der Waals surface area contributed by atoms with Crippen LogP contribution in [0.1, 0.15) is 11.1 Å². The monoisotopic (exact) mass is 306 g/mol. The number of rotatable bonds is 5. The molecule has 0 fully saturated rings. The minimum Gasteiger partial charge on any atom is -0.434 e. The first-order chi connectivity index (χ1) is 10.5. The summed E-state index contributed by atoms with van der Waals surface area (Å²) in [5, 5.41) is 5.28. The van der Waals surface area contributed by atoms with Gasteiger partial charge in [-0.15, -0.1) is 0 Å². The van der Waals surface area contributed by atoms with Crippen molar-refractivity contribution in [2.24, 2.45) is 0 Å². The lowest BCUT2D eigenvalue weighted by atomic mass is 10.2. The molecule has 0 saturated carbocycles. The lowest BCUT2D eigenvalue weighted by Crippen LogP contribution is -2.28. The highest BCUT2D eigenvalue weighted by atomic mass is 19.3. The van der Waals surface area contributed by atoms with Crippen LogP contribution in [0.25, 0.3) is 0 Å². The fraction of sp³-hybridized carbons (Fsp3) is 0.188. The first-order valence-electron chi connectivity index (χ1n) is 6.69. The van der Waals surface area contributed by atoms with E-state index in [1.54, 1.807) is 24.3 Å². The molecule has 2 aromatic carbocycles. The molecule has 0 radical (unpaired) electrons. The second kappa shape index (κ2) is 7.40. The number of halogens is 2. The number of urea groups is 1. The molecule has 2 amide bonds. The third-order valence-electron chi connectivity index (χ3n) is 2.90. The van der Waals surface area contributed by atoms with E-state index in [0.717, 1.165) is 5.56 Å². The van der Waals surface area contributed by atoms with E-state index < -0.39 is 12.6 Å². The molecule has 0 aliphatic rings. The smallest absolute Gasteiger partial charge is 0.387 e. The highest BCUT2D eigenvalue weighted by molar-refractivity contribution is 5.89. The summed E-state index contributed by atoms with van der Waals surface area (Å²) >= 11 is 0. The van der Waals surface area contributed by atoms with E-state index in [4.69, 9.17) is 0 Å². The van der Waals surface area contributed by atoms with Gasteiger partial charge in [0.1, 0.15) is 5.75 Å². The largest absolute Gasteiger partial charge is 0.434 e. The third kappa shape index (κ3) is 4.73. The topological polar surface area (TPSA) is 50.4 Å². The molecule has 22 heavy (non-hydrogen) atoms. The average molecular weight is 306 g/mol. The standard InChI is InChI=1S/C16H16F2N2O2/c1-11-5-4-7-13(9-11)20-16(21)19-10-12-6-2-3-8-14(12)22-15(17)18/h2-9,15H,10H2,1H3,(H2,19,20,21). The molecule has 0 bridgehead atoms. The molecule has 0 unspecified atom stereocenters. The Hall–Kier alpha value is -2.63. The van der Waals surface area contributed by atoms with Gasteiger partial charge in [0.25, 0.3) is 0 Å². The summed E-state index contributed by atoms with van der Waals surface area (Å²) in [6, 6.07) is 13.2. The van der Waals surface area contributed by atoms with Crippen molar-refractivity contribution in [1.82, 2.24) is 5.32 Å². The fourth-order valence-corrected chi connectivity index (χ4v) is 1.93. The van der Waals surface area contributed by atoms with Crippen molar-refractivity contribution in [3.63, 3.8) is 0 Å². The summed E-state index contributed by atoms with van der Waals surface area (Å²) in [6.45, 7) is -0.899. The van der Waals surface area contributed by atoms with E-state index in [-0.39, 0.29) is 12.3 Å². The van der Waals surface area contributed by atoms with Crippen LogP contribution in [0.3, 0.4) is 0 Å². The van der Waals surface area contributed by atoms with Crippen LogP contribution in [0.4, 0.5) is 19.3 Å². The van der Waals surface area contributed by atoms with Crippen molar-refractivity contribution >= 4 is 11.7 Å². The Balaban J connectivity index is 1.94. The van der Waals surface area contributed by atoms with Crippen LogP contribution in [0.15, 0.2) is 48.5 Å². The number of carbonyl (C=O) groups is 1. The Kier molecular flexibility index (Phi) is 5.30. The van der Waals surface area contributed by atoms with Crippen LogP contribution in [0.5, 0.6) is 5.75 Å². The van der Waals surface area contributed by atoms with E-state index in [1.165, 1.54) is 6.07 Å². The van der Waals surface area contributed by atoms with Gasteiger partial charge in [0.05, 0.1) is 0 Å². The lowest BCUT2D eigenvalue weighted by molar-refractivity contribution is -0.0504. The van der Waals surface area contributed by atoms with Crippen molar-refractivity contribution in [2.75, 3.05) is 5.32 Å². The maximum atomic E-state index is 12.3. The summed E-state index contributed by atoms with van der Waals surface area (Å²) in [5.74, 6) is 0.0494. The first-order valence-corrected chi connectivity index (χ1v) is 6.69. The van der Waals surface area contributed by atoms with Crippen LogP contribution < -0.4 is 15.4 Å². The predicted molar refractivity (Wildman–Crippen MR) is 80.1 cm³/mol. The molecule has 0 aliphatic heterocycles. The van der Waals surface area contributed by atoms with Gasteiger partial charge in [-0.2, -0.15) is 8.78 Å². The number of ether oxygens (including phenoxy) is 1. The number of amides is 2. The average Bonchev–Trinajstić information content (AvgIpc) is 2.46. The van der Waals surface area contributed by atoms with Gasteiger partial charge in [0.2, 0.25) is 0 Å². The van der Waals surface area contributed by atoms with Gasteiger partial charge >= 0.3 is 12.6 Å². The van der Waals surface area contributed by atoms with Crippen LogP contribution in [0.2, 0.25) is 0 Å². The molecule has 0 spiro atoms. The van der Waals surface area contributed by atoms with Crippen LogP contribution in [0, 0.1) is 6.92 Å².